The van der Waals surface area contributed by atoms with Crippen molar-refractivity contribution in [2.45, 2.75) is 18.9 Å². The van der Waals surface area contributed by atoms with Gasteiger partial charge in [0, 0.05) is 37.7 Å². The van der Waals surface area contributed by atoms with Crippen molar-refractivity contribution in [2.24, 2.45) is 0 Å². The molecule has 1 saturated heterocycles. The quantitative estimate of drug-likeness (QED) is 0.612. The van der Waals surface area contributed by atoms with E-state index >= 15 is 0 Å². The van der Waals surface area contributed by atoms with Crippen molar-refractivity contribution in [2.75, 3.05) is 26.7 Å². The predicted molar refractivity (Wildman–Crippen MR) is 99.8 cm³/mol. The van der Waals surface area contributed by atoms with Gasteiger partial charge in [0.2, 0.25) is 5.91 Å². The molecule has 2 aromatic carbocycles. The van der Waals surface area contributed by atoms with Crippen LogP contribution in [-0.4, -0.2) is 47.3 Å². The maximum atomic E-state index is 12.9. The molecule has 1 atom stereocenters. The van der Waals surface area contributed by atoms with Crippen LogP contribution in [0.25, 0.3) is 0 Å². The first kappa shape index (κ1) is 18.1. The lowest BCUT2D eigenvalue weighted by Crippen LogP contribution is -2.49. The van der Waals surface area contributed by atoms with Gasteiger partial charge in [0.05, 0.1) is 11.0 Å². The topological polar surface area (TPSA) is 66.7 Å². The summed E-state index contributed by atoms with van der Waals surface area (Å²) in [7, 11) is 2.06. The summed E-state index contributed by atoms with van der Waals surface area (Å²) in [5.41, 5.74) is 1.81. The molecular weight excluding hydrogens is 330 g/mol. The maximum absolute atomic E-state index is 12.9. The summed E-state index contributed by atoms with van der Waals surface area (Å²) < 4.78 is 0. The van der Waals surface area contributed by atoms with Crippen LogP contribution >= 0.6 is 0 Å². The number of amides is 1. The van der Waals surface area contributed by atoms with E-state index in [-0.39, 0.29) is 29.0 Å². The number of para-hydroxylation sites is 1. The smallest absolute Gasteiger partial charge is 0.272 e. The Kier molecular flexibility index (Phi) is 5.63. The highest BCUT2D eigenvalue weighted by Gasteiger charge is 2.30. The molecule has 0 aliphatic carbocycles. The van der Waals surface area contributed by atoms with Crippen molar-refractivity contribution < 1.29 is 9.72 Å². The molecular formula is C20H23N3O3. The molecule has 0 saturated carbocycles. The molecule has 0 bridgehead atoms. The molecule has 1 heterocycles. The number of nitrogens with zero attached hydrogens (tertiary/aromatic N) is 3. The van der Waals surface area contributed by atoms with Crippen LogP contribution in [-0.2, 0) is 11.2 Å². The maximum Gasteiger partial charge on any atom is 0.272 e. The van der Waals surface area contributed by atoms with Gasteiger partial charge in [-0.25, -0.2) is 0 Å². The van der Waals surface area contributed by atoms with Crippen LogP contribution in [0.4, 0.5) is 5.69 Å². The Morgan fingerprint density at radius 2 is 1.81 bits per heavy atom. The number of likely N-dealkylation sites (N-methyl/N-ethyl adjacent to an activating group) is 1. The molecule has 0 N–H and O–H groups in total. The SMILES string of the molecule is CN1CCN(C(=O)CCc2ccccc2[N+](=O)[O-])[C@@H](c2ccccc2)C1. The van der Waals surface area contributed by atoms with Gasteiger partial charge >= 0.3 is 0 Å². The summed E-state index contributed by atoms with van der Waals surface area (Å²) in [6.07, 6.45) is 0.655. The Balaban J connectivity index is 1.73. The predicted octanol–water partition coefficient (Wildman–Crippen LogP) is 3.04. The summed E-state index contributed by atoms with van der Waals surface area (Å²) in [6, 6.07) is 16.7. The second-order valence-corrected chi connectivity index (χ2v) is 6.66. The van der Waals surface area contributed by atoms with Gasteiger partial charge in [-0.15, -0.1) is 0 Å². The molecule has 136 valence electrons. The molecule has 1 amide bonds. The number of hydrogen-bond donors (Lipinski definition) is 0. The molecule has 26 heavy (non-hydrogen) atoms. The van der Waals surface area contributed by atoms with Gasteiger partial charge in [0.25, 0.3) is 5.69 Å². The lowest BCUT2D eigenvalue weighted by Gasteiger charge is -2.40. The van der Waals surface area contributed by atoms with Crippen molar-refractivity contribution in [3.8, 4) is 0 Å². The molecule has 3 rings (SSSR count). The fourth-order valence-electron chi connectivity index (χ4n) is 3.46. The van der Waals surface area contributed by atoms with E-state index in [0.29, 0.717) is 18.5 Å². The normalized spacial score (nSPS) is 17.9. The zero-order valence-electron chi connectivity index (χ0n) is 14.9. The first-order chi connectivity index (χ1) is 12.6. The molecule has 0 spiro atoms. The lowest BCUT2D eigenvalue weighted by molar-refractivity contribution is -0.385. The fourth-order valence-corrected chi connectivity index (χ4v) is 3.46. The van der Waals surface area contributed by atoms with Gasteiger partial charge in [-0.3, -0.25) is 14.9 Å². The zero-order valence-corrected chi connectivity index (χ0v) is 14.9. The zero-order chi connectivity index (χ0) is 18.5. The molecule has 1 aliphatic rings. The van der Waals surface area contributed by atoms with E-state index in [1.165, 1.54) is 6.07 Å². The van der Waals surface area contributed by atoms with Crippen molar-refractivity contribution in [1.82, 2.24) is 9.80 Å². The van der Waals surface area contributed by atoms with Gasteiger partial charge in [0.1, 0.15) is 0 Å². The fraction of sp³-hybridized carbons (Fsp3) is 0.350. The minimum absolute atomic E-state index is 0.0215. The Morgan fingerprint density at radius 3 is 2.54 bits per heavy atom. The molecule has 1 fully saturated rings. The van der Waals surface area contributed by atoms with E-state index in [1.807, 2.05) is 35.2 Å². The highest BCUT2D eigenvalue weighted by atomic mass is 16.6. The summed E-state index contributed by atoms with van der Waals surface area (Å²) in [5.74, 6) is 0.0464. The first-order valence-corrected chi connectivity index (χ1v) is 8.81. The number of nitro groups is 1. The van der Waals surface area contributed by atoms with Gasteiger partial charge in [-0.05, 0) is 19.0 Å². The standard InChI is InChI=1S/C20H23N3O3/c1-21-13-14-22(19(15-21)16-7-3-2-4-8-16)20(24)12-11-17-9-5-6-10-18(17)23(25)26/h2-10,19H,11-15H2,1H3/t19-/m1/s1. The van der Waals surface area contributed by atoms with Crippen LogP contribution in [0.2, 0.25) is 0 Å². The first-order valence-electron chi connectivity index (χ1n) is 8.81. The number of carbonyl (C=O) groups excluding carboxylic acids is 1. The summed E-state index contributed by atoms with van der Waals surface area (Å²) in [5, 5.41) is 11.1. The Morgan fingerprint density at radius 1 is 1.12 bits per heavy atom. The van der Waals surface area contributed by atoms with Crippen molar-refractivity contribution in [3.05, 3.63) is 75.8 Å². The molecule has 1 aliphatic heterocycles. The minimum Gasteiger partial charge on any atom is -0.333 e. The van der Waals surface area contributed by atoms with Crippen LogP contribution in [0.15, 0.2) is 54.6 Å². The van der Waals surface area contributed by atoms with Crippen molar-refractivity contribution in [3.63, 3.8) is 0 Å². The van der Waals surface area contributed by atoms with Gasteiger partial charge < -0.3 is 9.80 Å². The summed E-state index contributed by atoms with van der Waals surface area (Å²) in [6.45, 7) is 2.30. The monoisotopic (exact) mass is 353 g/mol. The van der Waals surface area contributed by atoms with Crippen LogP contribution in [0.1, 0.15) is 23.6 Å². The van der Waals surface area contributed by atoms with Crippen molar-refractivity contribution in [1.29, 1.82) is 0 Å². The number of piperazine rings is 1. The lowest BCUT2D eigenvalue weighted by atomic mass is 10.0. The van der Waals surface area contributed by atoms with Gasteiger partial charge in [0.15, 0.2) is 0 Å². The molecule has 6 heteroatoms. The number of hydrogen-bond acceptors (Lipinski definition) is 4. The highest BCUT2D eigenvalue weighted by Crippen LogP contribution is 2.26. The van der Waals surface area contributed by atoms with E-state index in [9.17, 15) is 14.9 Å². The van der Waals surface area contributed by atoms with Crippen LogP contribution in [0.5, 0.6) is 0 Å². The largest absolute Gasteiger partial charge is 0.333 e. The van der Waals surface area contributed by atoms with Crippen LogP contribution in [0.3, 0.4) is 0 Å². The molecule has 0 radical (unpaired) electrons. The molecule has 2 aromatic rings. The Labute approximate surface area is 153 Å². The molecule has 0 aromatic heterocycles. The average molecular weight is 353 g/mol. The third-order valence-corrected chi connectivity index (χ3v) is 4.88. The third kappa shape index (κ3) is 4.08. The van der Waals surface area contributed by atoms with Gasteiger partial charge in [-0.2, -0.15) is 0 Å². The number of aryl methyl sites for hydroxylation is 1. The molecule has 6 nitrogen and oxygen atoms in total. The number of benzene rings is 2. The summed E-state index contributed by atoms with van der Waals surface area (Å²) >= 11 is 0. The third-order valence-electron chi connectivity index (χ3n) is 4.88. The van der Waals surface area contributed by atoms with E-state index < -0.39 is 0 Å². The Hall–Kier alpha value is -2.73. The van der Waals surface area contributed by atoms with E-state index in [2.05, 4.69) is 11.9 Å². The number of nitro benzene ring substituents is 1. The van der Waals surface area contributed by atoms with E-state index in [1.54, 1.807) is 18.2 Å². The van der Waals surface area contributed by atoms with E-state index in [4.69, 9.17) is 0 Å². The number of rotatable bonds is 5. The average Bonchev–Trinajstić information content (AvgIpc) is 2.67. The second kappa shape index (κ2) is 8.10. The van der Waals surface area contributed by atoms with Gasteiger partial charge in [-0.1, -0.05) is 48.5 Å². The highest BCUT2D eigenvalue weighted by molar-refractivity contribution is 5.77. The van der Waals surface area contributed by atoms with Crippen LogP contribution in [0, 0.1) is 10.1 Å². The number of carbonyl (C=O) groups is 1. The van der Waals surface area contributed by atoms with Crippen molar-refractivity contribution >= 4 is 11.6 Å². The molecule has 0 unspecified atom stereocenters. The Bertz CT molecular complexity index is 779. The van der Waals surface area contributed by atoms with E-state index in [0.717, 1.165) is 18.7 Å². The minimum atomic E-state index is -0.386. The second-order valence-electron chi connectivity index (χ2n) is 6.66. The summed E-state index contributed by atoms with van der Waals surface area (Å²) in [4.78, 5) is 27.8. The van der Waals surface area contributed by atoms with Crippen LogP contribution < -0.4 is 0 Å².